The van der Waals surface area contributed by atoms with E-state index in [9.17, 15) is 4.39 Å². The van der Waals surface area contributed by atoms with Gasteiger partial charge in [-0.05, 0) is 30.2 Å². The Morgan fingerprint density at radius 2 is 2.25 bits per heavy atom. The fraction of sp³-hybridized carbons (Fsp3) is 0.333. The molecule has 66 valence electrons. The molecule has 0 radical (unpaired) electrons. The van der Waals surface area contributed by atoms with Gasteiger partial charge in [0.25, 0.3) is 0 Å². The van der Waals surface area contributed by atoms with E-state index in [1.165, 1.54) is 0 Å². The summed E-state index contributed by atoms with van der Waals surface area (Å²) in [5.41, 5.74) is 6.84. The minimum absolute atomic E-state index is 0.0441. The van der Waals surface area contributed by atoms with E-state index in [1.54, 1.807) is 6.07 Å². The molecular weight excluding hydrogens is 221 g/mol. The summed E-state index contributed by atoms with van der Waals surface area (Å²) >= 11 is 3.31. The zero-order chi connectivity index (χ0) is 9.14. The molecular formula is C9H11BrFN. The van der Waals surface area contributed by atoms with Crippen LogP contribution >= 0.6 is 15.9 Å². The predicted octanol–water partition coefficient (Wildman–Crippen LogP) is 2.73. The number of hydrogen-bond acceptors (Lipinski definition) is 1. The Kier molecular flexibility index (Phi) is 3.23. The molecule has 0 amide bonds. The maximum Gasteiger partial charge on any atom is 0.138 e. The molecule has 0 fully saturated rings. The van der Waals surface area contributed by atoms with E-state index in [2.05, 4.69) is 15.9 Å². The molecule has 1 nitrogen and oxygen atoms in total. The van der Waals surface area contributed by atoms with E-state index in [1.807, 2.05) is 19.1 Å². The van der Waals surface area contributed by atoms with Crippen LogP contribution in [0.25, 0.3) is 0 Å². The topological polar surface area (TPSA) is 26.0 Å². The minimum Gasteiger partial charge on any atom is -0.327 e. The highest BCUT2D eigenvalue weighted by molar-refractivity contribution is 9.10. The molecule has 0 saturated heterocycles. The van der Waals surface area contributed by atoms with Gasteiger partial charge in [0.2, 0.25) is 0 Å². The van der Waals surface area contributed by atoms with Crippen LogP contribution in [0.4, 0.5) is 4.39 Å². The fourth-order valence-electron chi connectivity index (χ4n) is 1.12. The summed E-state index contributed by atoms with van der Waals surface area (Å²) in [5, 5.41) is 0. The Balaban J connectivity index is 3.01. The van der Waals surface area contributed by atoms with Crippen LogP contribution in [-0.4, -0.2) is 6.54 Å². The van der Waals surface area contributed by atoms with Gasteiger partial charge in [-0.25, -0.2) is 4.39 Å². The van der Waals surface area contributed by atoms with Crippen LogP contribution in [0.1, 0.15) is 17.3 Å². The standard InChI is InChI=1S/C9H11BrFN/c1-6-4-7(10)2-3-8(6)9(11)5-12/h2-4,9H,5,12H2,1H3. The van der Waals surface area contributed by atoms with E-state index >= 15 is 0 Å². The van der Waals surface area contributed by atoms with Gasteiger partial charge in [0.1, 0.15) is 6.17 Å². The third-order valence-electron chi connectivity index (χ3n) is 1.78. The van der Waals surface area contributed by atoms with Crippen molar-refractivity contribution in [1.82, 2.24) is 0 Å². The number of benzene rings is 1. The Hall–Kier alpha value is -0.410. The number of hydrogen-bond donors (Lipinski definition) is 1. The second-order valence-corrected chi connectivity index (χ2v) is 3.62. The Labute approximate surface area is 79.9 Å². The van der Waals surface area contributed by atoms with Gasteiger partial charge in [-0.15, -0.1) is 0 Å². The second kappa shape index (κ2) is 4.01. The SMILES string of the molecule is Cc1cc(Br)ccc1C(F)CN. The molecule has 0 saturated carbocycles. The molecule has 0 aliphatic carbocycles. The van der Waals surface area contributed by atoms with E-state index < -0.39 is 6.17 Å². The molecule has 2 N–H and O–H groups in total. The summed E-state index contributed by atoms with van der Waals surface area (Å²) in [6, 6.07) is 5.47. The third-order valence-corrected chi connectivity index (χ3v) is 2.27. The predicted molar refractivity (Wildman–Crippen MR) is 51.8 cm³/mol. The number of aryl methyl sites for hydroxylation is 1. The minimum atomic E-state index is -1.04. The highest BCUT2D eigenvalue weighted by atomic mass is 79.9. The second-order valence-electron chi connectivity index (χ2n) is 2.70. The van der Waals surface area contributed by atoms with Gasteiger partial charge in [0, 0.05) is 11.0 Å². The van der Waals surface area contributed by atoms with Crippen molar-refractivity contribution in [1.29, 1.82) is 0 Å². The Morgan fingerprint density at radius 3 is 2.75 bits per heavy atom. The van der Waals surface area contributed by atoms with Crippen LogP contribution in [0.2, 0.25) is 0 Å². The lowest BCUT2D eigenvalue weighted by atomic mass is 10.1. The van der Waals surface area contributed by atoms with Crippen LogP contribution in [0.15, 0.2) is 22.7 Å². The summed E-state index contributed by atoms with van der Waals surface area (Å²) in [4.78, 5) is 0. The lowest BCUT2D eigenvalue weighted by molar-refractivity contribution is 0.351. The number of alkyl halides is 1. The normalized spacial score (nSPS) is 13.0. The summed E-state index contributed by atoms with van der Waals surface area (Å²) in [6.07, 6.45) is -1.04. The van der Waals surface area contributed by atoms with Crippen molar-refractivity contribution in [2.45, 2.75) is 13.1 Å². The zero-order valence-electron chi connectivity index (χ0n) is 6.85. The highest BCUT2D eigenvalue weighted by Crippen LogP contribution is 2.23. The maximum absolute atomic E-state index is 13.1. The van der Waals surface area contributed by atoms with Crippen LogP contribution in [0, 0.1) is 6.92 Å². The van der Waals surface area contributed by atoms with Crippen molar-refractivity contribution < 1.29 is 4.39 Å². The van der Waals surface area contributed by atoms with Crippen LogP contribution in [-0.2, 0) is 0 Å². The first-order valence-electron chi connectivity index (χ1n) is 3.75. The summed E-state index contributed by atoms with van der Waals surface area (Å²) in [5.74, 6) is 0. The van der Waals surface area contributed by atoms with E-state index in [0.29, 0.717) is 5.56 Å². The molecule has 0 aliphatic rings. The van der Waals surface area contributed by atoms with Crippen LogP contribution in [0.5, 0.6) is 0 Å². The number of halogens is 2. The molecule has 0 heterocycles. The van der Waals surface area contributed by atoms with Crippen molar-refractivity contribution in [3.8, 4) is 0 Å². The molecule has 1 aromatic rings. The first kappa shape index (κ1) is 9.68. The summed E-state index contributed by atoms with van der Waals surface area (Å²) in [7, 11) is 0. The first-order chi connectivity index (χ1) is 5.65. The Morgan fingerprint density at radius 1 is 1.58 bits per heavy atom. The van der Waals surface area contributed by atoms with Gasteiger partial charge >= 0.3 is 0 Å². The van der Waals surface area contributed by atoms with E-state index in [0.717, 1.165) is 10.0 Å². The van der Waals surface area contributed by atoms with Gasteiger partial charge in [0.05, 0.1) is 0 Å². The lowest BCUT2D eigenvalue weighted by Crippen LogP contribution is -2.08. The van der Waals surface area contributed by atoms with E-state index in [4.69, 9.17) is 5.73 Å². The van der Waals surface area contributed by atoms with Gasteiger partial charge in [0.15, 0.2) is 0 Å². The quantitative estimate of drug-likeness (QED) is 0.833. The number of rotatable bonds is 2. The molecule has 0 spiro atoms. The molecule has 12 heavy (non-hydrogen) atoms. The lowest BCUT2D eigenvalue weighted by Gasteiger charge is -2.08. The summed E-state index contributed by atoms with van der Waals surface area (Å²) < 4.78 is 14.1. The Bertz CT molecular complexity index is 275. The largest absolute Gasteiger partial charge is 0.327 e. The molecule has 3 heteroatoms. The van der Waals surface area contributed by atoms with Gasteiger partial charge < -0.3 is 5.73 Å². The average Bonchev–Trinajstić information content (AvgIpc) is 2.03. The van der Waals surface area contributed by atoms with Crippen molar-refractivity contribution in [3.05, 3.63) is 33.8 Å². The smallest absolute Gasteiger partial charge is 0.138 e. The van der Waals surface area contributed by atoms with E-state index in [-0.39, 0.29) is 6.54 Å². The number of nitrogens with two attached hydrogens (primary N) is 1. The highest BCUT2D eigenvalue weighted by Gasteiger charge is 2.09. The van der Waals surface area contributed by atoms with Crippen LogP contribution < -0.4 is 5.73 Å². The van der Waals surface area contributed by atoms with Crippen molar-refractivity contribution >= 4 is 15.9 Å². The monoisotopic (exact) mass is 231 g/mol. The summed E-state index contributed by atoms with van der Waals surface area (Å²) in [6.45, 7) is 1.92. The van der Waals surface area contributed by atoms with Crippen molar-refractivity contribution in [2.24, 2.45) is 5.73 Å². The molecule has 1 aromatic carbocycles. The fourth-order valence-corrected chi connectivity index (χ4v) is 1.59. The molecule has 0 bridgehead atoms. The van der Waals surface area contributed by atoms with Gasteiger partial charge in [-0.2, -0.15) is 0 Å². The van der Waals surface area contributed by atoms with Crippen molar-refractivity contribution in [2.75, 3.05) is 6.54 Å². The first-order valence-corrected chi connectivity index (χ1v) is 4.54. The maximum atomic E-state index is 13.1. The third kappa shape index (κ3) is 2.05. The zero-order valence-corrected chi connectivity index (χ0v) is 8.44. The van der Waals surface area contributed by atoms with Gasteiger partial charge in [-0.3, -0.25) is 0 Å². The molecule has 1 rings (SSSR count). The molecule has 1 unspecified atom stereocenters. The van der Waals surface area contributed by atoms with Crippen molar-refractivity contribution in [3.63, 3.8) is 0 Å². The molecule has 1 atom stereocenters. The van der Waals surface area contributed by atoms with Crippen LogP contribution in [0.3, 0.4) is 0 Å². The molecule has 0 aromatic heterocycles. The van der Waals surface area contributed by atoms with Gasteiger partial charge in [-0.1, -0.05) is 22.0 Å². The average molecular weight is 232 g/mol. The molecule has 0 aliphatic heterocycles.